The van der Waals surface area contributed by atoms with Crippen molar-refractivity contribution in [3.8, 4) is 0 Å². The van der Waals surface area contributed by atoms with E-state index in [1.807, 2.05) is 0 Å². The van der Waals surface area contributed by atoms with Crippen molar-refractivity contribution in [2.45, 2.75) is 63.1 Å². The van der Waals surface area contributed by atoms with Gasteiger partial charge in [-0.2, -0.15) is 0 Å². The van der Waals surface area contributed by atoms with Gasteiger partial charge in [0.1, 0.15) is 0 Å². The quantitative estimate of drug-likeness (QED) is 0.779. The van der Waals surface area contributed by atoms with E-state index in [1.54, 1.807) is 0 Å². The fraction of sp³-hybridized carbons (Fsp3) is 1.00. The van der Waals surface area contributed by atoms with Gasteiger partial charge in [0.15, 0.2) is 0 Å². The Balaban J connectivity index is 1.58. The Bertz CT molecular complexity index is 259. The van der Waals surface area contributed by atoms with Gasteiger partial charge >= 0.3 is 0 Å². The minimum Gasteiger partial charge on any atom is -0.396 e. The number of piperidine rings is 1. The first-order valence-electron chi connectivity index (χ1n) is 7.49. The van der Waals surface area contributed by atoms with Crippen LogP contribution in [-0.2, 0) is 0 Å². The van der Waals surface area contributed by atoms with Crippen molar-refractivity contribution in [2.75, 3.05) is 19.7 Å². The van der Waals surface area contributed by atoms with Crippen LogP contribution in [0.5, 0.6) is 0 Å². The average molecular weight is 238 g/mol. The highest BCUT2D eigenvalue weighted by atomic mass is 16.3. The summed E-state index contributed by atoms with van der Waals surface area (Å²) in [5, 5.41) is 13.3. The molecular formula is C14H26N2O. The van der Waals surface area contributed by atoms with Crippen LogP contribution in [0, 0.1) is 5.92 Å². The molecule has 3 nitrogen and oxygen atoms in total. The zero-order valence-corrected chi connectivity index (χ0v) is 10.8. The van der Waals surface area contributed by atoms with Crippen molar-refractivity contribution in [1.29, 1.82) is 0 Å². The van der Waals surface area contributed by atoms with Crippen LogP contribution < -0.4 is 5.32 Å². The third-order valence-electron chi connectivity index (χ3n) is 5.18. The Morgan fingerprint density at radius 2 is 1.88 bits per heavy atom. The van der Waals surface area contributed by atoms with Crippen molar-refractivity contribution in [3.63, 3.8) is 0 Å². The smallest absolute Gasteiger partial charge is 0.0474 e. The summed E-state index contributed by atoms with van der Waals surface area (Å²) in [5.41, 5.74) is 0. The highest BCUT2D eigenvalue weighted by molar-refractivity contribution is 4.97. The zero-order valence-electron chi connectivity index (χ0n) is 10.8. The number of aliphatic hydroxyl groups is 1. The summed E-state index contributed by atoms with van der Waals surface area (Å²) < 4.78 is 0. The number of aliphatic hydroxyl groups excluding tert-OH is 1. The largest absolute Gasteiger partial charge is 0.396 e. The fourth-order valence-electron chi connectivity index (χ4n) is 4.19. The molecular weight excluding hydrogens is 212 g/mol. The second kappa shape index (κ2) is 5.25. The minimum absolute atomic E-state index is 0.374. The van der Waals surface area contributed by atoms with E-state index >= 15 is 0 Å². The molecule has 0 spiro atoms. The van der Waals surface area contributed by atoms with Crippen molar-refractivity contribution < 1.29 is 5.11 Å². The SMILES string of the molecule is OCC1CCCC1NC1CCN2CCCCC12. The van der Waals surface area contributed by atoms with Gasteiger partial charge in [0, 0.05) is 31.3 Å². The molecule has 4 unspecified atom stereocenters. The maximum absolute atomic E-state index is 9.39. The van der Waals surface area contributed by atoms with Crippen molar-refractivity contribution in [2.24, 2.45) is 5.92 Å². The van der Waals surface area contributed by atoms with E-state index in [0.29, 0.717) is 24.6 Å². The van der Waals surface area contributed by atoms with E-state index in [2.05, 4.69) is 10.2 Å². The van der Waals surface area contributed by atoms with Gasteiger partial charge in [0.05, 0.1) is 0 Å². The normalized spacial score (nSPS) is 42.9. The van der Waals surface area contributed by atoms with Gasteiger partial charge in [-0.1, -0.05) is 12.8 Å². The van der Waals surface area contributed by atoms with Crippen LogP contribution in [0.1, 0.15) is 44.9 Å². The number of nitrogens with one attached hydrogen (secondary N) is 1. The molecule has 4 atom stereocenters. The molecule has 0 aromatic heterocycles. The molecule has 0 aromatic rings. The molecule has 3 heteroatoms. The monoisotopic (exact) mass is 238 g/mol. The predicted octanol–water partition coefficient (Wildman–Crippen LogP) is 1.36. The Morgan fingerprint density at radius 1 is 0.941 bits per heavy atom. The lowest BCUT2D eigenvalue weighted by Gasteiger charge is -2.34. The fourth-order valence-corrected chi connectivity index (χ4v) is 4.19. The molecule has 2 saturated heterocycles. The van der Waals surface area contributed by atoms with Crippen LogP contribution in [0.3, 0.4) is 0 Å². The molecule has 1 aliphatic carbocycles. The number of rotatable bonds is 3. The highest BCUT2D eigenvalue weighted by Gasteiger charge is 2.38. The van der Waals surface area contributed by atoms with Crippen LogP contribution in [-0.4, -0.2) is 47.8 Å². The van der Waals surface area contributed by atoms with E-state index in [9.17, 15) is 5.11 Å². The molecule has 0 amide bonds. The summed E-state index contributed by atoms with van der Waals surface area (Å²) in [6.07, 6.45) is 9.29. The van der Waals surface area contributed by atoms with Crippen LogP contribution in [0.25, 0.3) is 0 Å². The van der Waals surface area contributed by atoms with E-state index < -0.39 is 0 Å². The standard InChI is InChI=1S/C14H26N2O/c17-10-11-4-3-5-12(11)15-13-7-9-16-8-2-1-6-14(13)16/h11-15,17H,1-10H2. The minimum atomic E-state index is 0.374. The van der Waals surface area contributed by atoms with Gasteiger partial charge in [0.2, 0.25) is 0 Å². The van der Waals surface area contributed by atoms with Crippen LogP contribution >= 0.6 is 0 Å². The van der Waals surface area contributed by atoms with Gasteiger partial charge < -0.3 is 10.4 Å². The number of nitrogens with zero attached hydrogens (tertiary/aromatic N) is 1. The topological polar surface area (TPSA) is 35.5 Å². The zero-order chi connectivity index (χ0) is 11.7. The first-order valence-corrected chi connectivity index (χ1v) is 7.49. The van der Waals surface area contributed by atoms with Crippen LogP contribution in [0.15, 0.2) is 0 Å². The third kappa shape index (κ3) is 2.38. The lowest BCUT2D eigenvalue weighted by atomic mass is 9.96. The van der Waals surface area contributed by atoms with Gasteiger partial charge in [-0.15, -0.1) is 0 Å². The van der Waals surface area contributed by atoms with E-state index in [1.165, 1.54) is 58.0 Å². The molecule has 2 aliphatic heterocycles. The Morgan fingerprint density at radius 3 is 2.76 bits per heavy atom. The molecule has 0 bridgehead atoms. The molecule has 1 saturated carbocycles. The van der Waals surface area contributed by atoms with Gasteiger partial charge in [-0.25, -0.2) is 0 Å². The summed E-state index contributed by atoms with van der Waals surface area (Å²) in [4.78, 5) is 2.68. The third-order valence-corrected chi connectivity index (χ3v) is 5.18. The second-order valence-corrected chi connectivity index (χ2v) is 6.14. The molecule has 3 fully saturated rings. The van der Waals surface area contributed by atoms with Gasteiger partial charge in [-0.3, -0.25) is 4.90 Å². The summed E-state index contributed by atoms with van der Waals surface area (Å²) in [7, 11) is 0. The lowest BCUT2D eigenvalue weighted by molar-refractivity contribution is 0.161. The van der Waals surface area contributed by atoms with Gasteiger partial charge in [-0.05, 0) is 44.6 Å². The number of fused-ring (bicyclic) bond motifs is 1. The van der Waals surface area contributed by atoms with E-state index in [-0.39, 0.29) is 0 Å². The molecule has 98 valence electrons. The molecule has 2 N–H and O–H groups in total. The van der Waals surface area contributed by atoms with E-state index in [4.69, 9.17) is 0 Å². The Hall–Kier alpha value is -0.120. The Kier molecular flexibility index (Phi) is 3.69. The molecule has 2 heterocycles. The highest BCUT2D eigenvalue weighted by Crippen LogP contribution is 2.31. The van der Waals surface area contributed by atoms with Crippen LogP contribution in [0.2, 0.25) is 0 Å². The first-order chi connectivity index (χ1) is 8.38. The maximum atomic E-state index is 9.39. The van der Waals surface area contributed by atoms with Crippen LogP contribution in [0.4, 0.5) is 0 Å². The lowest BCUT2D eigenvalue weighted by Crippen LogP contribution is -2.49. The molecule has 0 radical (unpaired) electrons. The van der Waals surface area contributed by atoms with Crippen molar-refractivity contribution >= 4 is 0 Å². The second-order valence-electron chi connectivity index (χ2n) is 6.14. The predicted molar refractivity (Wildman–Crippen MR) is 69.0 cm³/mol. The number of hydrogen-bond donors (Lipinski definition) is 2. The van der Waals surface area contributed by atoms with Crippen molar-refractivity contribution in [3.05, 3.63) is 0 Å². The summed E-state index contributed by atoms with van der Waals surface area (Å²) >= 11 is 0. The maximum Gasteiger partial charge on any atom is 0.0474 e. The summed E-state index contributed by atoms with van der Waals surface area (Å²) in [6, 6.07) is 2.09. The summed E-state index contributed by atoms with van der Waals surface area (Å²) in [5.74, 6) is 0.521. The van der Waals surface area contributed by atoms with Gasteiger partial charge in [0.25, 0.3) is 0 Å². The van der Waals surface area contributed by atoms with E-state index in [0.717, 1.165) is 6.04 Å². The number of hydrogen-bond acceptors (Lipinski definition) is 3. The molecule has 3 aliphatic rings. The molecule has 17 heavy (non-hydrogen) atoms. The average Bonchev–Trinajstić information content (AvgIpc) is 2.97. The molecule has 3 rings (SSSR count). The molecule has 0 aromatic carbocycles. The van der Waals surface area contributed by atoms with Crippen molar-refractivity contribution in [1.82, 2.24) is 10.2 Å². The Labute approximate surface area is 105 Å². The summed E-state index contributed by atoms with van der Waals surface area (Å²) in [6.45, 7) is 2.98. The first kappa shape index (κ1) is 11.9.